The molecule has 0 spiro atoms. The second kappa shape index (κ2) is 8.13. The van der Waals surface area contributed by atoms with Crippen molar-refractivity contribution in [1.29, 1.82) is 0 Å². The van der Waals surface area contributed by atoms with E-state index in [1.54, 1.807) is 12.1 Å². The summed E-state index contributed by atoms with van der Waals surface area (Å²) in [4.78, 5) is 6.56. The lowest BCUT2D eigenvalue weighted by Gasteiger charge is -2.25. The lowest BCUT2D eigenvalue weighted by atomic mass is 9.96. The van der Waals surface area contributed by atoms with Crippen LogP contribution in [0.15, 0.2) is 29.3 Å². The lowest BCUT2D eigenvalue weighted by Crippen LogP contribution is -2.41. The summed E-state index contributed by atoms with van der Waals surface area (Å²) in [6.45, 7) is 0.560. The van der Waals surface area contributed by atoms with Gasteiger partial charge in [-0.2, -0.15) is 0 Å². The van der Waals surface area contributed by atoms with E-state index >= 15 is 0 Å². The van der Waals surface area contributed by atoms with Crippen molar-refractivity contribution >= 4 is 5.96 Å². The minimum atomic E-state index is -0.219. The van der Waals surface area contributed by atoms with Crippen molar-refractivity contribution in [2.45, 2.75) is 44.2 Å². The minimum Gasteiger partial charge on any atom is -0.370 e. The minimum absolute atomic E-state index is 0.0901. The number of benzene rings is 1. The van der Waals surface area contributed by atoms with Gasteiger partial charge in [0.15, 0.2) is 5.96 Å². The van der Waals surface area contributed by atoms with Gasteiger partial charge < -0.3 is 16.0 Å². The SMILES string of the molecule is CN(C)C(CN=C(N)NC1CCCCC1)c1ccc(F)cc1. The number of rotatable bonds is 5. The third-order valence-electron chi connectivity index (χ3n) is 4.27. The first kappa shape index (κ1) is 16.7. The molecule has 1 aliphatic carbocycles. The summed E-state index contributed by atoms with van der Waals surface area (Å²) in [5, 5.41) is 3.32. The van der Waals surface area contributed by atoms with E-state index in [-0.39, 0.29) is 11.9 Å². The maximum absolute atomic E-state index is 13.1. The molecule has 0 saturated heterocycles. The molecule has 1 unspecified atom stereocenters. The van der Waals surface area contributed by atoms with Gasteiger partial charge in [0.05, 0.1) is 12.6 Å². The van der Waals surface area contributed by atoms with Gasteiger partial charge in [-0.15, -0.1) is 0 Å². The van der Waals surface area contributed by atoms with E-state index in [9.17, 15) is 4.39 Å². The number of guanidine groups is 1. The molecule has 22 heavy (non-hydrogen) atoms. The van der Waals surface area contributed by atoms with Gasteiger partial charge in [0.2, 0.25) is 0 Å². The number of hydrogen-bond acceptors (Lipinski definition) is 2. The fourth-order valence-corrected chi connectivity index (χ4v) is 2.94. The van der Waals surface area contributed by atoms with E-state index in [0.29, 0.717) is 18.5 Å². The zero-order chi connectivity index (χ0) is 15.9. The Morgan fingerprint density at radius 1 is 1.27 bits per heavy atom. The van der Waals surface area contributed by atoms with Gasteiger partial charge in [-0.3, -0.25) is 4.99 Å². The Balaban J connectivity index is 1.95. The quantitative estimate of drug-likeness (QED) is 0.649. The predicted octanol–water partition coefficient (Wildman–Crippen LogP) is 2.67. The molecular formula is C17H27FN4. The maximum Gasteiger partial charge on any atom is 0.188 e. The number of aliphatic imine (C=N–C) groups is 1. The highest BCUT2D eigenvalue weighted by atomic mass is 19.1. The first-order valence-electron chi connectivity index (χ1n) is 8.04. The Morgan fingerprint density at radius 3 is 2.50 bits per heavy atom. The molecule has 4 nitrogen and oxygen atoms in total. The third-order valence-corrected chi connectivity index (χ3v) is 4.27. The molecule has 0 aliphatic heterocycles. The summed E-state index contributed by atoms with van der Waals surface area (Å²) in [5.74, 6) is 0.295. The van der Waals surface area contributed by atoms with Crippen LogP contribution in [0.5, 0.6) is 0 Å². The van der Waals surface area contributed by atoms with Crippen molar-refractivity contribution in [3.05, 3.63) is 35.6 Å². The molecule has 1 saturated carbocycles. The number of nitrogens with two attached hydrogens (primary N) is 1. The normalized spacial score (nSPS) is 18.5. The van der Waals surface area contributed by atoms with Crippen LogP contribution in [0.2, 0.25) is 0 Å². The molecule has 122 valence electrons. The molecule has 0 heterocycles. The van der Waals surface area contributed by atoms with Gasteiger partial charge in [-0.05, 0) is 44.6 Å². The van der Waals surface area contributed by atoms with Crippen molar-refractivity contribution in [2.75, 3.05) is 20.6 Å². The molecule has 5 heteroatoms. The highest BCUT2D eigenvalue weighted by molar-refractivity contribution is 5.78. The van der Waals surface area contributed by atoms with Gasteiger partial charge in [0, 0.05) is 6.04 Å². The predicted molar refractivity (Wildman–Crippen MR) is 89.3 cm³/mol. The molecule has 0 amide bonds. The Hall–Kier alpha value is -1.62. The van der Waals surface area contributed by atoms with Crippen molar-refractivity contribution in [1.82, 2.24) is 10.2 Å². The van der Waals surface area contributed by atoms with E-state index in [1.807, 2.05) is 14.1 Å². The molecule has 3 N–H and O–H groups in total. The zero-order valence-electron chi connectivity index (χ0n) is 13.6. The summed E-state index contributed by atoms with van der Waals surface area (Å²) < 4.78 is 13.1. The van der Waals surface area contributed by atoms with Crippen LogP contribution in [0.3, 0.4) is 0 Å². The first-order valence-corrected chi connectivity index (χ1v) is 8.04. The fraction of sp³-hybridized carbons (Fsp3) is 0.588. The van der Waals surface area contributed by atoms with Gasteiger partial charge in [0.25, 0.3) is 0 Å². The Bertz CT molecular complexity index is 478. The highest BCUT2D eigenvalue weighted by Crippen LogP contribution is 2.19. The van der Waals surface area contributed by atoms with Crippen LogP contribution in [0.1, 0.15) is 43.7 Å². The number of nitrogens with zero attached hydrogens (tertiary/aromatic N) is 2. The molecule has 1 fully saturated rings. The maximum atomic E-state index is 13.1. The summed E-state index contributed by atoms with van der Waals surface area (Å²) in [6.07, 6.45) is 6.20. The third kappa shape index (κ3) is 4.98. The second-order valence-electron chi connectivity index (χ2n) is 6.24. The van der Waals surface area contributed by atoms with Crippen molar-refractivity contribution < 1.29 is 4.39 Å². The van der Waals surface area contributed by atoms with Gasteiger partial charge in [-0.25, -0.2) is 4.39 Å². The zero-order valence-corrected chi connectivity index (χ0v) is 13.6. The molecule has 0 bridgehead atoms. The topological polar surface area (TPSA) is 53.6 Å². The molecule has 1 aromatic carbocycles. The van der Waals surface area contributed by atoms with E-state index in [0.717, 1.165) is 5.56 Å². The average Bonchev–Trinajstić information content (AvgIpc) is 2.50. The van der Waals surface area contributed by atoms with Crippen molar-refractivity contribution in [2.24, 2.45) is 10.7 Å². The van der Waals surface area contributed by atoms with Gasteiger partial charge in [0.1, 0.15) is 5.82 Å². The van der Waals surface area contributed by atoms with Crippen molar-refractivity contribution in [3.8, 4) is 0 Å². The number of halogens is 1. The van der Waals surface area contributed by atoms with Crippen LogP contribution in [0, 0.1) is 5.82 Å². The molecule has 0 radical (unpaired) electrons. The molecule has 1 atom stereocenters. The number of hydrogen-bond donors (Lipinski definition) is 2. The molecular weight excluding hydrogens is 279 g/mol. The smallest absolute Gasteiger partial charge is 0.188 e. The van der Waals surface area contributed by atoms with Gasteiger partial charge in [-0.1, -0.05) is 31.4 Å². The van der Waals surface area contributed by atoms with E-state index in [1.165, 1.54) is 44.2 Å². The Morgan fingerprint density at radius 2 is 1.91 bits per heavy atom. The summed E-state index contributed by atoms with van der Waals surface area (Å²) in [6, 6.07) is 7.13. The summed E-state index contributed by atoms with van der Waals surface area (Å²) in [5.41, 5.74) is 7.06. The van der Waals surface area contributed by atoms with Crippen LogP contribution in [-0.4, -0.2) is 37.5 Å². The number of nitrogens with one attached hydrogen (secondary N) is 1. The number of likely N-dealkylation sites (N-methyl/N-ethyl adjacent to an activating group) is 1. The molecule has 1 aliphatic rings. The lowest BCUT2D eigenvalue weighted by molar-refractivity contribution is 0.306. The Labute approximate surface area is 132 Å². The highest BCUT2D eigenvalue weighted by Gasteiger charge is 2.16. The summed E-state index contributed by atoms with van der Waals surface area (Å²) in [7, 11) is 3.99. The molecule has 2 rings (SSSR count). The van der Waals surface area contributed by atoms with Crippen LogP contribution in [0.4, 0.5) is 4.39 Å². The van der Waals surface area contributed by atoms with E-state index in [4.69, 9.17) is 5.73 Å². The average molecular weight is 306 g/mol. The van der Waals surface area contributed by atoms with Crippen molar-refractivity contribution in [3.63, 3.8) is 0 Å². The molecule has 1 aromatic rings. The van der Waals surface area contributed by atoms with Crippen LogP contribution in [-0.2, 0) is 0 Å². The first-order chi connectivity index (χ1) is 10.6. The monoisotopic (exact) mass is 306 g/mol. The second-order valence-corrected chi connectivity index (χ2v) is 6.24. The van der Waals surface area contributed by atoms with Crippen LogP contribution < -0.4 is 11.1 Å². The largest absolute Gasteiger partial charge is 0.370 e. The van der Waals surface area contributed by atoms with Crippen LogP contribution in [0.25, 0.3) is 0 Å². The standard InChI is InChI=1S/C17H27FN4/c1-22(2)16(13-8-10-14(18)11-9-13)12-20-17(19)21-15-6-4-3-5-7-15/h8-11,15-16H,3-7,12H2,1-2H3,(H3,19,20,21). The van der Waals surface area contributed by atoms with Crippen LogP contribution >= 0.6 is 0 Å². The fourth-order valence-electron chi connectivity index (χ4n) is 2.94. The van der Waals surface area contributed by atoms with E-state index in [2.05, 4.69) is 15.2 Å². The van der Waals surface area contributed by atoms with E-state index < -0.39 is 0 Å². The summed E-state index contributed by atoms with van der Waals surface area (Å²) >= 11 is 0. The van der Waals surface area contributed by atoms with Gasteiger partial charge >= 0.3 is 0 Å². The Kier molecular flexibility index (Phi) is 6.19. The molecule has 0 aromatic heterocycles.